The fourth-order valence-electron chi connectivity index (χ4n) is 3.49. The molecule has 3 rings (SSSR count). The second kappa shape index (κ2) is 9.15. The zero-order valence-corrected chi connectivity index (χ0v) is 19.3. The van der Waals surface area contributed by atoms with Gasteiger partial charge in [-0.05, 0) is 37.3 Å². The Kier molecular flexibility index (Phi) is 6.76. The summed E-state index contributed by atoms with van der Waals surface area (Å²) in [5.41, 5.74) is 1.06. The number of para-hydroxylation sites is 2. The van der Waals surface area contributed by atoms with Gasteiger partial charge in [0.15, 0.2) is 11.5 Å². The third kappa shape index (κ3) is 4.62. The number of nitrogens with zero attached hydrogens (tertiary/aromatic N) is 2. The fourth-order valence-corrected chi connectivity index (χ4v) is 4.97. The van der Waals surface area contributed by atoms with Gasteiger partial charge in [0.1, 0.15) is 6.10 Å². The van der Waals surface area contributed by atoms with Crippen LogP contribution in [0, 0.1) is 0 Å². The van der Waals surface area contributed by atoms with Gasteiger partial charge in [0.25, 0.3) is 5.91 Å². The molecule has 2 aromatic carbocycles. The Hall–Kier alpha value is -2.78. The molecule has 9 heteroatoms. The standard InChI is InChI=1S/C22H29N3O5S/c1-6-25(7-2)31(27,28)16-12-13-18(24(4)5)17(14-16)23-22(26)21-15(3)29-19-10-8-9-11-20(19)30-21/h8-15,21H,6-7H2,1-5H3,(H,23,26)/t15-,21+/m0/s1. The molecule has 8 nitrogen and oxygen atoms in total. The fraction of sp³-hybridized carbons (Fsp3) is 0.409. The van der Waals surface area contributed by atoms with Crippen molar-refractivity contribution in [1.29, 1.82) is 0 Å². The first-order chi connectivity index (χ1) is 14.7. The van der Waals surface area contributed by atoms with Crippen molar-refractivity contribution >= 4 is 27.3 Å². The number of benzene rings is 2. The van der Waals surface area contributed by atoms with E-state index >= 15 is 0 Å². The molecule has 0 spiro atoms. The van der Waals surface area contributed by atoms with Crippen LogP contribution in [0.15, 0.2) is 47.4 Å². The number of fused-ring (bicyclic) bond motifs is 1. The Morgan fingerprint density at radius 1 is 1.03 bits per heavy atom. The number of sulfonamides is 1. The molecule has 168 valence electrons. The van der Waals surface area contributed by atoms with Crippen molar-refractivity contribution in [3.63, 3.8) is 0 Å². The third-order valence-electron chi connectivity index (χ3n) is 5.15. The van der Waals surface area contributed by atoms with Gasteiger partial charge in [0.2, 0.25) is 16.1 Å². The highest BCUT2D eigenvalue weighted by Gasteiger charge is 2.34. The first-order valence-electron chi connectivity index (χ1n) is 10.2. The molecule has 0 fully saturated rings. The maximum Gasteiger partial charge on any atom is 0.269 e. The van der Waals surface area contributed by atoms with E-state index in [0.29, 0.717) is 36.0 Å². The highest BCUT2D eigenvalue weighted by atomic mass is 32.2. The summed E-state index contributed by atoms with van der Waals surface area (Å²) in [5, 5.41) is 2.84. The summed E-state index contributed by atoms with van der Waals surface area (Å²) in [4.78, 5) is 15.0. The van der Waals surface area contributed by atoms with Gasteiger partial charge in [-0.3, -0.25) is 4.79 Å². The number of hydrogen-bond acceptors (Lipinski definition) is 6. The first-order valence-corrected chi connectivity index (χ1v) is 11.7. The first kappa shape index (κ1) is 22.9. The van der Waals surface area contributed by atoms with Gasteiger partial charge in [-0.1, -0.05) is 26.0 Å². The normalized spacial score (nSPS) is 18.0. The van der Waals surface area contributed by atoms with Crippen LogP contribution < -0.4 is 19.7 Å². The molecule has 0 saturated heterocycles. The molecule has 1 amide bonds. The van der Waals surface area contributed by atoms with Crippen LogP contribution in [-0.2, 0) is 14.8 Å². The zero-order chi connectivity index (χ0) is 22.8. The summed E-state index contributed by atoms with van der Waals surface area (Å²) < 4.78 is 39.0. The lowest BCUT2D eigenvalue weighted by molar-refractivity contribution is -0.128. The molecule has 0 saturated carbocycles. The van der Waals surface area contributed by atoms with Crippen molar-refractivity contribution in [3.8, 4) is 11.5 Å². The lowest BCUT2D eigenvalue weighted by Gasteiger charge is -2.31. The lowest BCUT2D eigenvalue weighted by atomic mass is 10.1. The predicted molar refractivity (Wildman–Crippen MR) is 120 cm³/mol. The largest absolute Gasteiger partial charge is 0.482 e. The third-order valence-corrected chi connectivity index (χ3v) is 7.20. The minimum Gasteiger partial charge on any atom is -0.482 e. The van der Waals surface area contributed by atoms with E-state index in [1.54, 1.807) is 56.0 Å². The van der Waals surface area contributed by atoms with Crippen molar-refractivity contribution in [2.24, 2.45) is 0 Å². The number of ether oxygens (including phenoxy) is 2. The minimum atomic E-state index is -3.67. The number of amides is 1. The van der Waals surface area contributed by atoms with Crippen molar-refractivity contribution in [1.82, 2.24) is 4.31 Å². The lowest BCUT2D eigenvalue weighted by Crippen LogP contribution is -2.46. The number of nitrogens with one attached hydrogen (secondary N) is 1. The van der Waals surface area contributed by atoms with Crippen molar-refractivity contribution in [3.05, 3.63) is 42.5 Å². The molecule has 0 unspecified atom stereocenters. The summed E-state index contributed by atoms with van der Waals surface area (Å²) >= 11 is 0. The zero-order valence-electron chi connectivity index (χ0n) is 18.5. The summed E-state index contributed by atoms with van der Waals surface area (Å²) in [6.07, 6.45) is -1.40. The Bertz CT molecular complexity index is 1050. The number of anilines is 2. The SMILES string of the molecule is CCN(CC)S(=O)(=O)c1ccc(N(C)C)c(NC(=O)[C@@H]2Oc3ccccc3O[C@H]2C)c1. The smallest absolute Gasteiger partial charge is 0.269 e. The second-order valence-electron chi connectivity index (χ2n) is 7.46. The van der Waals surface area contributed by atoms with E-state index in [1.165, 1.54) is 10.4 Å². The molecular formula is C22H29N3O5S. The van der Waals surface area contributed by atoms with E-state index in [0.717, 1.165) is 0 Å². The molecule has 1 aliphatic heterocycles. The highest BCUT2D eigenvalue weighted by Crippen LogP contribution is 2.34. The molecule has 1 aliphatic rings. The average Bonchev–Trinajstić information content (AvgIpc) is 2.73. The quantitative estimate of drug-likeness (QED) is 0.702. The predicted octanol–water partition coefficient (Wildman–Crippen LogP) is 2.95. The maximum absolute atomic E-state index is 13.1. The molecule has 1 N–H and O–H groups in total. The summed E-state index contributed by atoms with van der Waals surface area (Å²) in [5.74, 6) is 0.661. The van der Waals surface area contributed by atoms with Crippen LogP contribution in [-0.4, -0.2) is 58.0 Å². The van der Waals surface area contributed by atoms with Crippen LogP contribution in [0.2, 0.25) is 0 Å². The maximum atomic E-state index is 13.1. The molecule has 2 atom stereocenters. The van der Waals surface area contributed by atoms with Crippen LogP contribution in [0.4, 0.5) is 11.4 Å². The van der Waals surface area contributed by atoms with E-state index in [9.17, 15) is 13.2 Å². The molecule has 0 aliphatic carbocycles. The van der Waals surface area contributed by atoms with Crippen LogP contribution in [0.1, 0.15) is 20.8 Å². The Balaban J connectivity index is 1.92. The Labute approximate surface area is 183 Å². The molecule has 1 heterocycles. The number of rotatable bonds is 7. The molecular weight excluding hydrogens is 418 g/mol. The van der Waals surface area contributed by atoms with E-state index in [4.69, 9.17) is 9.47 Å². The van der Waals surface area contributed by atoms with E-state index in [-0.39, 0.29) is 4.90 Å². The second-order valence-corrected chi connectivity index (χ2v) is 9.40. The topological polar surface area (TPSA) is 88.2 Å². The summed E-state index contributed by atoms with van der Waals surface area (Å²) in [6.45, 7) is 6.06. The highest BCUT2D eigenvalue weighted by molar-refractivity contribution is 7.89. The van der Waals surface area contributed by atoms with Crippen molar-refractivity contribution in [2.45, 2.75) is 37.9 Å². The average molecular weight is 448 g/mol. The van der Waals surface area contributed by atoms with Gasteiger partial charge in [0, 0.05) is 27.2 Å². The van der Waals surface area contributed by atoms with Gasteiger partial charge in [-0.25, -0.2) is 8.42 Å². The number of carbonyl (C=O) groups excluding carboxylic acids is 1. The minimum absolute atomic E-state index is 0.122. The molecule has 0 aromatic heterocycles. The van der Waals surface area contributed by atoms with Gasteiger partial charge >= 0.3 is 0 Å². The van der Waals surface area contributed by atoms with Crippen molar-refractivity contribution in [2.75, 3.05) is 37.4 Å². The summed E-state index contributed by atoms with van der Waals surface area (Å²) in [6, 6.07) is 11.9. The van der Waals surface area contributed by atoms with E-state index in [2.05, 4.69) is 5.32 Å². The Morgan fingerprint density at radius 3 is 2.23 bits per heavy atom. The van der Waals surface area contributed by atoms with Gasteiger partial charge in [-0.2, -0.15) is 4.31 Å². The molecule has 0 radical (unpaired) electrons. The monoisotopic (exact) mass is 447 g/mol. The summed E-state index contributed by atoms with van der Waals surface area (Å²) in [7, 11) is -0.0259. The number of carbonyl (C=O) groups is 1. The van der Waals surface area contributed by atoms with E-state index < -0.39 is 28.1 Å². The molecule has 2 aromatic rings. The van der Waals surface area contributed by atoms with Crippen LogP contribution >= 0.6 is 0 Å². The van der Waals surface area contributed by atoms with Crippen LogP contribution in [0.5, 0.6) is 11.5 Å². The number of hydrogen-bond donors (Lipinski definition) is 1. The molecule has 31 heavy (non-hydrogen) atoms. The van der Waals surface area contributed by atoms with E-state index in [1.807, 2.05) is 20.2 Å². The van der Waals surface area contributed by atoms with Gasteiger partial charge in [0.05, 0.1) is 16.3 Å². The van der Waals surface area contributed by atoms with Crippen LogP contribution in [0.25, 0.3) is 0 Å². The van der Waals surface area contributed by atoms with Crippen molar-refractivity contribution < 1.29 is 22.7 Å². The van der Waals surface area contributed by atoms with Crippen LogP contribution in [0.3, 0.4) is 0 Å². The van der Waals surface area contributed by atoms with Gasteiger partial charge < -0.3 is 19.7 Å². The molecule has 0 bridgehead atoms. The van der Waals surface area contributed by atoms with Gasteiger partial charge in [-0.15, -0.1) is 0 Å². The Morgan fingerprint density at radius 2 is 1.65 bits per heavy atom.